The number of fused-ring (bicyclic) bond motifs is 1. The highest BCUT2D eigenvalue weighted by atomic mass is 35.5. The van der Waals surface area contributed by atoms with E-state index in [4.69, 9.17) is 9.47 Å². The van der Waals surface area contributed by atoms with Gasteiger partial charge < -0.3 is 20.1 Å². The van der Waals surface area contributed by atoms with Gasteiger partial charge in [0, 0.05) is 24.4 Å². The average molecular weight is 351 g/mol. The van der Waals surface area contributed by atoms with E-state index in [1.54, 1.807) is 0 Å². The minimum Gasteiger partial charge on any atom is -0.491 e. The molecule has 1 heterocycles. The highest BCUT2D eigenvalue weighted by molar-refractivity contribution is 5.88. The van der Waals surface area contributed by atoms with Gasteiger partial charge in [0.2, 0.25) is 5.91 Å². The summed E-state index contributed by atoms with van der Waals surface area (Å²) in [5, 5.41) is 8.40. The fourth-order valence-corrected chi connectivity index (χ4v) is 2.72. The molecule has 24 heavy (non-hydrogen) atoms. The van der Waals surface area contributed by atoms with Crippen LogP contribution in [0.3, 0.4) is 0 Å². The highest BCUT2D eigenvalue weighted by Gasteiger charge is 2.16. The molecule has 1 atom stereocenters. The van der Waals surface area contributed by atoms with E-state index < -0.39 is 0 Å². The molecule has 1 fully saturated rings. The summed E-state index contributed by atoms with van der Waals surface area (Å²) in [5.74, 6) is 0.870. The first-order valence-corrected chi connectivity index (χ1v) is 8.01. The molecule has 2 aromatic carbocycles. The molecule has 5 nitrogen and oxygen atoms in total. The Balaban J connectivity index is 0.00000208. The number of hydrogen-bond donors (Lipinski definition) is 2. The normalized spacial score (nSPS) is 17.1. The number of nitrogens with one attached hydrogen (secondary N) is 2. The minimum absolute atomic E-state index is 0. The Morgan fingerprint density at radius 1 is 1.25 bits per heavy atom. The number of ether oxygens (including phenoxy) is 2. The van der Waals surface area contributed by atoms with E-state index in [9.17, 15) is 4.79 Å². The van der Waals surface area contributed by atoms with Crippen LogP contribution in [0.25, 0.3) is 10.8 Å². The second kappa shape index (κ2) is 9.47. The van der Waals surface area contributed by atoms with Crippen molar-refractivity contribution in [2.24, 2.45) is 0 Å². The van der Waals surface area contributed by atoms with Gasteiger partial charge in [0.25, 0.3) is 0 Å². The molecule has 1 saturated heterocycles. The maximum atomic E-state index is 11.9. The Hall–Kier alpha value is -1.82. The molecule has 0 saturated carbocycles. The predicted octanol–water partition coefficient (Wildman–Crippen LogP) is 2.14. The third-order valence-electron chi connectivity index (χ3n) is 3.86. The maximum absolute atomic E-state index is 11.9. The van der Waals surface area contributed by atoms with Gasteiger partial charge >= 0.3 is 0 Å². The number of carbonyl (C=O) groups is 1. The van der Waals surface area contributed by atoms with E-state index in [0.717, 1.165) is 29.7 Å². The van der Waals surface area contributed by atoms with Crippen molar-refractivity contribution in [3.05, 3.63) is 42.5 Å². The highest BCUT2D eigenvalue weighted by Crippen LogP contribution is 2.24. The van der Waals surface area contributed by atoms with Crippen LogP contribution < -0.4 is 15.4 Å². The van der Waals surface area contributed by atoms with Crippen LogP contribution in [-0.2, 0) is 9.53 Å². The molecule has 3 rings (SSSR count). The Morgan fingerprint density at radius 3 is 2.92 bits per heavy atom. The van der Waals surface area contributed by atoms with Crippen LogP contribution >= 0.6 is 12.4 Å². The lowest BCUT2D eigenvalue weighted by Crippen LogP contribution is -2.44. The van der Waals surface area contributed by atoms with E-state index in [1.807, 2.05) is 30.3 Å². The van der Waals surface area contributed by atoms with Crippen molar-refractivity contribution < 1.29 is 14.3 Å². The van der Waals surface area contributed by atoms with E-state index in [1.165, 1.54) is 0 Å². The Kier molecular flexibility index (Phi) is 7.31. The smallest absolute Gasteiger partial charge is 0.221 e. The monoisotopic (exact) mass is 350 g/mol. The van der Waals surface area contributed by atoms with Crippen molar-refractivity contribution in [1.29, 1.82) is 0 Å². The number of benzene rings is 2. The molecule has 0 radical (unpaired) electrons. The van der Waals surface area contributed by atoms with Gasteiger partial charge in [-0.05, 0) is 11.5 Å². The lowest BCUT2D eigenvalue weighted by molar-refractivity contribution is -0.122. The molecule has 6 heteroatoms. The molecule has 1 unspecified atom stereocenters. The van der Waals surface area contributed by atoms with Crippen LogP contribution in [0.1, 0.15) is 6.42 Å². The van der Waals surface area contributed by atoms with Crippen LogP contribution in [0, 0.1) is 0 Å². The van der Waals surface area contributed by atoms with Gasteiger partial charge in [0.15, 0.2) is 0 Å². The number of rotatable bonds is 6. The van der Waals surface area contributed by atoms with Gasteiger partial charge in [-0.1, -0.05) is 36.4 Å². The summed E-state index contributed by atoms with van der Waals surface area (Å²) in [4.78, 5) is 11.9. The van der Waals surface area contributed by atoms with Gasteiger partial charge in [-0.15, -0.1) is 12.4 Å². The van der Waals surface area contributed by atoms with Crippen LogP contribution in [0.15, 0.2) is 42.5 Å². The molecule has 0 bridgehead atoms. The van der Waals surface area contributed by atoms with Crippen molar-refractivity contribution >= 4 is 29.1 Å². The molecule has 2 aromatic rings. The van der Waals surface area contributed by atoms with Crippen LogP contribution in [0.4, 0.5) is 0 Å². The largest absolute Gasteiger partial charge is 0.491 e. The second-order valence-electron chi connectivity index (χ2n) is 5.61. The number of morpholine rings is 1. The predicted molar refractivity (Wildman–Crippen MR) is 96.9 cm³/mol. The molecule has 0 spiro atoms. The molecule has 2 N–H and O–H groups in total. The minimum atomic E-state index is 0. The summed E-state index contributed by atoms with van der Waals surface area (Å²) in [6.45, 7) is 3.07. The molecule has 0 aromatic heterocycles. The third kappa shape index (κ3) is 5.09. The van der Waals surface area contributed by atoms with Gasteiger partial charge in [0.1, 0.15) is 12.4 Å². The van der Waals surface area contributed by atoms with Gasteiger partial charge in [-0.25, -0.2) is 0 Å². The summed E-state index contributed by atoms with van der Waals surface area (Å²) in [7, 11) is 0. The first-order valence-electron chi connectivity index (χ1n) is 8.01. The van der Waals surface area contributed by atoms with Crippen molar-refractivity contribution in [2.45, 2.75) is 12.5 Å². The summed E-state index contributed by atoms with van der Waals surface area (Å²) >= 11 is 0. The number of halogens is 1. The lowest BCUT2D eigenvalue weighted by Gasteiger charge is -2.23. The van der Waals surface area contributed by atoms with Gasteiger partial charge in [0.05, 0.1) is 19.8 Å². The summed E-state index contributed by atoms with van der Waals surface area (Å²) in [6, 6.07) is 14.2. The molecule has 1 amide bonds. The van der Waals surface area contributed by atoms with E-state index in [-0.39, 0.29) is 24.4 Å². The zero-order valence-electron chi connectivity index (χ0n) is 13.5. The number of carbonyl (C=O) groups excluding carboxylic acids is 1. The Labute approximate surface area is 148 Å². The fourth-order valence-electron chi connectivity index (χ4n) is 2.72. The number of amides is 1. The van der Waals surface area contributed by atoms with Gasteiger partial charge in [-0.3, -0.25) is 4.79 Å². The van der Waals surface area contributed by atoms with E-state index >= 15 is 0 Å². The lowest BCUT2D eigenvalue weighted by atomic mass is 10.1. The zero-order chi connectivity index (χ0) is 15.9. The van der Waals surface area contributed by atoms with Crippen molar-refractivity contribution in [1.82, 2.24) is 10.6 Å². The summed E-state index contributed by atoms with van der Waals surface area (Å²) in [5.41, 5.74) is 0. The van der Waals surface area contributed by atoms with E-state index in [2.05, 4.69) is 22.8 Å². The average Bonchev–Trinajstić information content (AvgIpc) is 2.60. The summed E-state index contributed by atoms with van der Waals surface area (Å²) in [6.07, 6.45) is 0.439. The molecule has 1 aliphatic heterocycles. The first-order chi connectivity index (χ1) is 11.3. The topological polar surface area (TPSA) is 59.6 Å². The van der Waals surface area contributed by atoms with Crippen molar-refractivity contribution in [3.63, 3.8) is 0 Å². The Morgan fingerprint density at radius 2 is 2.08 bits per heavy atom. The second-order valence-corrected chi connectivity index (χ2v) is 5.61. The van der Waals surface area contributed by atoms with Crippen LogP contribution in [0.2, 0.25) is 0 Å². The Bertz CT molecular complexity index is 654. The standard InChI is InChI=1S/C18H22N2O3.ClH/c21-18(12-15-13-22-10-8-19-15)20-9-11-23-17-7-3-5-14-4-1-2-6-16(14)17;/h1-7,15,19H,8-13H2,(H,20,21);1H. The molecular weight excluding hydrogens is 328 g/mol. The first kappa shape index (κ1) is 18.5. The molecular formula is C18H23ClN2O3. The number of hydrogen-bond acceptors (Lipinski definition) is 4. The van der Waals surface area contributed by atoms with Crippen molar-refractivity contribution in [2.75, 3.05) is 32.9 Å². The van der Waals surface area contributed by atoms with Gasteiger partial charge in [-0.2, -0.15) is 0 Å². The van der Waals surface area contributed by atoms with E-state index in [0.29, 0.717) is 26.2 Å². The maximum Gasteiger partial charge on any atom is 0.221 e. The zero-order valence-corrected chi connectivity index (χ0v) is 14.3. The fraction of sp³-hybridized carbons (Fsp3) is 0.389. The van der Waals surface area contributed by atoms with Crippen molar-refractivity contribution in [3.8, 4) is 5.75 Å². The molecule has 0 aliphatic carbocycles. The summed E-state index contributed by atoms with van der Waals surface area (Å²) < 4.78 is 11.1. The molecule has 1 aliphatic rings. The molecule has 130 valence electrons. The quantitative estimate of drug-likeness (QED) is 0.784. The van der Waals surface area contributed by atoms with Crippen LogP contribution in [0.5, 0.6) is 5.75 Å². The van der Waals surface area contributed by atoms with Crippen LogP contribution in [-0.4, -0.2) is 44.9 Å². The SMILES string of the molecule is Cl.O=C(CC1COCCN1)NCCOc1cccc2ccccc12. The third-order valence-corrected chi connectivity index (χ3v) is 3.86.